The van der Waals surface area contributed by atoms with E-state index in [0.717, 1.165) is 12.8 Å². The molecule has 3 nitrogen and oxygen atoms in total. The molecule has 118 valence electrons. The highest BCUT2D eigenvalue weighted by atomic mass is 16.1. The Bertz CT molecular complexity index is 441. The largest absolute Gasteiger partial charge is 0.350 e. The van der Waals surface area contributed by atoms with E-state index in [4.69, 9.17) is 5.73 Å². The predicted molar refractivity (Wildman–Crippen MR) is 89.5 cm³/mol. The summed E-state index contributed by atoms with van der Waals surface area (Å²) in [5.74, 6) is 0.422. The van der Waals surface area contributed by atoms with Crippen LogP contribution in [0.15, 0.2) is 24.3 Å². The lowest BCUT2D eigenvalue weighted by Crippen LogP contribution is -2.41. The van der Waals surface area contributed by atoms with Gasteiger partial charge in [0.2, 0.25) is 0 Å². The standard InChI is InChI=1S/C18H30N2O/c1-6-13(7-2)16(19)12-20-17(21)14-8-10-15(11-9-14)18(3,4)5/h8-11,13,16H,6-7,12,19H2,1-5H3,(H,20,21). The van der Waals surface area contributed by atoms with E-state index in [1.54, 1.807) is 0 Å². The minimum atomic E-state index is -0.0446. The SMILES string of the molecule is CCC(CC)C(N)CNC(=O)c1ccc(C(C)(C)C)cc1. The zero-order valence-corrected chi connectivity index (χ0v) is 14.1. The first-order valence-corrected chi connectivity index (χ1v) is 7.93. The Morgan fingerprint density at radius 2 is 1.67 bits per heavy atom. The molecule has 0 aliphatic rings. The van der Waals surface area contributed by atoms with E-state index >= 15 is 0 Å². The Morgan fingerprint density at radius 3 is 2.10 bits per heavy atom. The number of amides is 1. The summed E-state index contributed by atoms with van der Waals surface area (Å²) >= 11 is 0. The Morgan fingerprint density at radius 1 is 1.14 bits per heavy atom. The van der Waals surface area contributed by atoms with Crippen LogP contribution < -0.4 is 11.1 Å². The van der Waals surface area contributed by atoms with Gasteiger partial charge in [-0.25, -0.2) is 0 Å². The number of hydrogen-bond acceptors (Lipinski definition) is 2. The molecule has 0 saturated carbocycles. The molecule has 1 unspecified atom stereocenters. The van der Waals surface area contributed by atoms with Crippen LogP contribution in [0, 0.1) is 5.92 Å². The highest BCUT2D eigenvalue weighted by Crippen LogP contribution is 2.22. The second-order valence-electron chi connectivity index (χ2n) is 6.78. The van der Waals surface area contributed by atoms with Crippen LogP contribution in [0.5, 0.6) is 0 Å². The minimum Gasteiger partial charge on any atom is -0.350 e. The van der Waals surface area contributed by atoms with Gasteiger partial charge in [0.15, 0.2) is 0 Å². The van der Waals surface area contributed by atoms with Gasteiger partial charge in [-0.1, -0.05) is 59.6 Å². The monoisotopic (exact) mass is 290 g/mol. The predicted octanol–water partition coefficient (Wildman–Crippen LogP) is 3.48. The van der Waals surface area contributed by atoms with E-state index in [0.29, 0.717) is 18.0 Å². The van der Waals surface area contributed by atoms with E-state index in [1.165, 1.54) is 5.56 Å². The van der Waals surface area contributed by atoms with Gasteiger partial charge in [-0.2, -0.15) is 0 Å². The van der Waals surface area contributed by atoms with Crippen LogP contribution in [0.25, 0.3) is 0 Å². The molecule has 1 atom stereocenters. The first-order valence-electron chi connectivity index (χ1n) is 7.93. The van der Waals surface area contributed by atoms with Crippen LogP contribution in [0.2, 0.25) is 0 Å². The van der Waals surface area contributed by atoms with Crippen molar-refractivity contribution in [1.82, 2.24) is 5.32 Å². The number of nitrogens with two attached hydrogens (primary N) is 1. The fourth-order valence-electron chi connectivity index (χ4n) is 2.50. The van der Waals surface area contributed by atoms with Crippen molar-refractivity contribution >= 4 is 5.91 Å². The first-order chi connectivity index (χ1) is 9.79. The number of hydrogen-bond donors (Lipinski definition) is 2. The van der Waals surface area contributed by atoms with Crippen LogP contribution in [0.4, 0.5) is 0 Å². The van der Waals surface area contributed by atoms with Gasteiger partial charge >= 0.3 is 0 Å². The summed E-state index contributed by atoms with van der Waals surface area (Å²) < 4.78 is 0. The Labute approximate surface area is 129 Å². The third-order valence-electron chi connectivity index (χ3n) is 4.17. The molecule has 0 heterocycles. The number of carbonyl (C=O) groups is 1. The smallest absolute Gasteiger partial charge is 0.251 e. The summed E-state index contributed by atoms with van der Waals surface area (Å²) in [5, 5.41) is 2.94. The average Bonchev–Trinajstić information content (AvgIpc) is 2.45. The van der Waals surface area contributed by atoms with E-state index in [9.17, 15) is 4.79 Å². The molecule has 0 bridgehead atoms. The molecule has 3 N–H and O–H groups in total. The van der Waals surface area contributed by atoms with Crippen molar-refractivity contribution in [2.24, 2.45) is 11.7 Å². The van der Waals surface area contributed by atoms with Crippen LogP contribution in [-0.4, -0.2) is 18.5 Å². The summed E-state index contributed by atoms with van der Waals surface area (Å²) in [4.78, 5) is 12.1. The lowest BCUT2D eigenvalue weighted by atomic mass is 9.86. The molecule has 21 heavy (non-hydrogen) atoms. The minimum absolute atomic E-state index is 0.0257. The first kappa shape index (κ1) is 17.7. The lowest BCUT2D eigenvalue weighted by Gasteiger charge is -2.22. The Balaban J connectivity index is 2.60. The van der Waals surface area contributed by atoms with Gasteiger partial charge in [-0.3, -0.25) is 4.79 Å². The molecular formula is C18H30N2O. The molecule has 0 aliphatic heterocycles. The molecule has 0 aromatic heterocycles. The summed E-state index contributed by atoms with van der Waals surface area (Å²) in [6.07, 6.45) is 2.10. The van der Waals surface area contributed by atoms with Gasteiger partial charge in [0.25, 0.3) is 5.91 Å². The fourth-order valence-corrected chi connectivity index (χ4v) is 2.50. The van der Waals surface area contributed by atoms with Crippen molar-refractivity contribution in [3.8, 4) is 0 Å². The number of benzene rings is 1. The van der Waals surface area contributed by atoms with Gasteiger partial charge in [0.05, 0.1) is 0 Å². The van der Waals surface area contributed by atoms with Crippen LogP contribution in [-0.2, 0) is 5.41 Å². The normalized spacial score (nSPS) is 13.3. The molecule has 0 aliphatic carbocycles. The second kappa shape index (κ2) is 7.60. The average molecular weight is 290 g/mol. The molecule has 0 spiro atoms. The van der Waals surface area contributed by atoms with Crippen molar-refractivity contribution < 1.29 is 4.79 Å². The molecule has 1 aromatic rings. The van der Waals surface area contributed by atoms with Crippen molar-refractivity contribution in [3.63, 3.8) is 0 Å². The van der Waals surface area contributed by atoms with E-state index in [1.807, 2.05) is 24.3 Å². The highest BCUT2D eigenvalue weighted by Gasteiger charge is 2.16. The number of carbonyl (C=O) groups excluding carboxylic acids is 1. The lowest BCUT2D eigenvalue weighted by molar-refractivity contribution is 0.0948. The fraction of sp³-hybridized carbons (Fsp3) is 0.611. The van der Waals surface area contributed by atoms with Crippen molar-refractivity contribution in [1.29, 1.82) is 0 Å². The summed E-state index contributed by atoms with van der Waals surface area (Å²) in [6.45, 7) is 11.3. The van der Waals surface area contributed by atoms with Gasteiger partial charge in [-0.05, 0) is 29.0 Å². The summed E-state index contributed by atoms with van der Waals surface area (Å²) in [5.41, 5.74) is 8.16. The van der Waals surface area contributed by atoms with Gasteiger partial charge in [-0.15, -0.1) is 0 Å². The van der Waals surface area contributed by atoms with Gasteiger partial charge < -0.3 is 11.1 Å². The topological polar surface area (TPSA) is 55.1 Å². The van der Waals surface area contributed by atoms with E-state index < -0.39 is 0 Å². The maximum atomic E-state index is 12.1. The molecule has 1 rings (SSSR count). The van der Waals surface area contributed by atoms with Gasteiger partial charge in [0.1, 0.15) is 0 Å². The molecule has 0 saturated heterocycles. The third kappa shape index (κ3) is 5.16. The Hall–Kier alpha value is -1.35. The zero-order valence-electron chi connectivity index (χ0n) is 14.1. The van der Waals surface area contributed by atoms with Gasteiger partial charge in [0, 0.05) is 18.2 Å². The summed E-state index contributed by atoms with van der Waals surface area (Å²) in [7, 11) is 0. The zero-order chi connectivity index (χ0) is 16.0. The van der Waals surface area contributed by atoms with Crippen LogP contribution >= 0.6 is 0 Å². The van der Waals surface area contributed by atoms with E-state index in [-0.39, 0.29) is 17.4 Å². The number of rotatable bonds is 6. The molecule has 1 amide bonds. The third-order valence-corrected chi connectivity index (χ3v) is 4.17. The molecular weight excluding hydrogens is 260 g/mol. The molecule has 0 fully saturated rings. The summed E-state index contributed by atoms with van der Waals surface area (Å²) in [6, 6.07) is 7.85. The van der Waals surface area contributed by atoms with Crippen molar-refractivity contribution in [2.45, 2.75) is 58.9 Å². The Kier molecular flexibility index (Phi) is 6.41. The van der Waals surface area contributed by atoms with E-state index in [2.05, 4.69) is 39.9 Å². The second-order valence-corrected chi connectivity index (χ2v) is 6.78. The molecule has 1 aromatic carbocycles. The molecule has 3 heteroatoms. The maximum absolute atomic E-state index is 12.1. The van der Waals surface area contributed by atoms with Crippen molar-refractivity contribution in [3.05, 3.63) is 35.4 Å². The molecule has 0 radical (unpaired) electrons. The maximum Gasteiger partial charge on any atom is 0.251 e. The highest BCUT2D eigenvalue weighted by molar-refractivity contribution is 5.94. The van der Waals surface area contributed by atoms with Crippen LogP contribution in [0.3, 0.4) is 0 Å². The van der Waals surface area contributed by atoms with Crippen molar-refractivity contribution in [2.75, 3.05) is 6.54 Å². The van der Waals surface area contributed by atoms with Crippen LogP contribution in [0.1, 0.15) is 63.4 Å². The number of nitrogens with one attached hydrogen (secondary N) is 1. The quantitative estimate of drug-likeness (QED) is 0.842.